The van der Waals surface area contributed by atoms with Crippen molar-refractivity contribution in [1.29, 1.82) is 0 Å². The van der Waals surface area contributed by atoms with E-state index in [0.717, 1.165) is 24.1 Å². The number of ether oxygens (including phenoxy) is 1. The molecule has 5 nitrogen and oxygen atoms in total. The topological polar surface area (TPSA) is 62.7 Å². The smallest absolute Gasteiger partial charge is 0.410 e. The molecule has 2 aliphatic heterocycles. The molecule has 6 rings (SSSR count). The Kier molecular flexibility index (Phi) is 4.77. The van der Waals surface area contributed by atoms with Gasteiger partial charge >= 0.3 is 6.09 Å². The van der Waals surface area contributed by atoms with Crippen molar-refractivity contribution in [1.82, 2.24) is 9.88 Å². The summed E-state index contributed by atoms with van der Waals surface area (Å²) in [6.45, 7) is 2.27. The van der Waals surface area contributed by atoms with Gasteiger partial charge in [-0.1, -0.05) is 48.5 Å². The number of hydrogen-bond acceptors (Lipinski definition) is 4. The zero-order valence-electron chi connectivity index (χ0n) is 18.8. The Bertz CT molecular complexity index is 1160. The number of nitrogens with zero attached hydrogens (tertiary/aromatic N) is 2. The maximum Gasteiger partial charge on any atom is 0.410 e. The number of aryl methyl sites for hydroxylation is 1. The van der Waals surface area contributed by atoms with Crippen LogP contribution >= 0.6 is 0 Å². The Hall–Kier alpha value is -3.18. The molecule has 0 saturated carbocycles. The van der Waals surface area contributed by atoms with Gasteiger partial charge in [0.1, 0.15) is 6.61 Å². The highest BCUT2D eigenvalue weighted by molar-refractivity contribution is 5.79. The molecular formula is C28H28N2O3. The zero-order valence-corrected chi connectivity index (χ0v) is 18.8. The summed E-state index contributed by atoms with van der Waals surface area (Å²) in [4.78, 5) is 19.4. The molecule has 168 valence electrons. The lowest BCUT2D eigenvalue weighted by Crippen LogP contribution is -2.52. The minimum Gasteiger partial charge on any atom is -0.448 e. The third-order valence-electron chi connectivity index (χ3n) is 7.75. The van der Waals surface area contributed by atoms with Gasteiger partial charge in [-0.15, -0.1) is 0 Å². The summed E-state index contributed by atoms with van der Waals surface area (Å²) >= 11 is 0. The highest BCUT2D eigenvalue weighted by Crippen LogP contribution is 2.47. The van der Waals surface area contributed by atoms with Gasteiger partial charge in [0, 0.05) is 42.7 Å². The Morgan fingerprint density at radius 3 is 2.24 bits per heavy atom. The van der Waals surface area contributed by atoms with E-state index < -0.39 is 5.60 Å². The van der Waals surface area contributed by atoms with Gasteiger partial charge in [0.25, 0.3) is 0 Å². The Balaban J connectivity index is 1.19. The third-order valence-corrected chi connectivity index (χ3v) is 7.75. The van der Waals surface area contributed by atoms with Crippen molar-refractivity contribution in [3.8, 4) is 11.1 Å². The van der Waals surface area contributed by atoms with Crippen molar-refractivity contribution >= 4 is 6.09 Å². The molecule has 5 heteroatoms. The molecule has 0 radical (unpaired) electrons. The molecule has 3 aromatic rings. The van der Waals surface area contributed by atoms with Crippen molar-refractivity contribution in [3.05, 3.63) is 89.2 Å². The minimum atomic E-state index is -0.917. The lowest BCUT2D eigenvalue weighted by molar-refractivity contribution is -0.0532. The third kappa shape index (κ3) is 3.34. The molecule has 1 aromatic heterocycles. The van der Waals surface area contributed by atoms with E-state index >= 15 is 0 Å². The van der Waals surface area contributed by atoms with Crippen LogP contribution in [0.15, 0.2) is 66.9 Å². The van der Waals surface area contributed by atoms with Crippen LogP contribution in [-0.4, -0.2) is 39.8 Å². The number of carbonyl (C=O) groups is 1. The van der Waals surface area contributed by atoms with Crippen LogP contribution in [0.5, 0.6) is 0 Å². The number of fused-ring (bicyclic) bond motifs is 5. The lowest BCUT2D eigenvalue weighted by atomic mass is 9.81. The molecule has 2 fully saturated rings. The van der Waals surface area contributed by atoms with Gasteiger partial charge in [-0.3, -0.25) is 4.98 Å². The van der Waals surface area contributed by atoms with Gasteiger partial charge in [-0.25, -0.2) is 4.79 Å². The molecule has 2 unspecified atom stereocenters. The van der Waals surface area contributed by atoms with Crippen LogP contribution in [0.4, 0.5) is 4.79 Å². The fourth-order valence-corrected chi connectivity index (χ4v) is 6.26. The number of rotatable bonds is 3. The summed E-state index contributed by atoms with van der Waals surface area (Å²) in [5.41, 5.74) is 5.77. The van der Waals surface area contributed by atoms with Crippen molar-refractivity contribution < 1.29 is 14.6 Å². The first-order valence-electron chi connectivity index (χ1n) is 11.8. The van der Waals surface area contributed by atoms with Crippen LogP contribution in [0.25, 0.3) is 11.1 Å². The first-order valence-corrected chi connectivity index (χ1v) is 11.8. The number of benzene rings is 2. The SMILES string of the molecule is Cc1cc(C2(O)CC3CCC(C2)N3C(=O)OCC2c3ccccc3-c3ccccc32)ccn1. The number of carbonyl (C=O) groups excluding carboxylic acids is 1. The molecule has 2 bridgehead atoms. The number of aromatic nitrogens is 1. The van der Waals surface area contributed by atoms with Gasteiger partial charge in [0.05, 0.1) is 5.60 Å². The van der Waals surface area contributed by atoms with E-state index in [0.29, 0.717) is 19.4 Å². The molecule has 1 N–H and O–H groups in total. The second kappa shape index (κ2) is 7.70. The number of amides is 1. The second-order valence-electron chi connectivity index (χ2n) is 9.72. The van der Waals surface area contributed by atoms with E-state index in [-0.39, 0.29) is 24.1 Å². The van der Waals surface area contributed by atoms with Crippen molar-refractivity contribution in [3.63, 3.8) is 0 Å². The van der Waals surface area contributed by atoms with Crippen LogP contribution in [0, 0.1) is 6.92 Å². The van der Waals surface area contributed by atoms with E-state index in [1.165, 1.54) is 22.3 Å². The monoisotopic (exact) mass is 440 g/mol. The van der Waals surface area contributed by atoms with Gasteiger partial charge in [-0.2, -0.15) is 0 Å². The predicted octanol–water partition coefficient (Wildman–Crippen LogP) is 5.15. The van der Waals surface area contributed by atoms with Crippen LogP contribution in [0.1, 0.15) is 54.0 Å². The Labute approximate surface area is 194 Å². The average Bonchev–Trinajstić information content (AvgIpc) is 3.30. The normalized spacial score (nSPS) is 25.6. The zero-order chi connectivity index (χ0) is 22.6. The highest BCUT2D eigenvalue weighted by Gasteiger charge is 2.50. The second-order valence-corrected chi connectivity index (χ2v) is 9.72. The standard InChI is InChI=1S/C28H28N2O3/c1-18-14-19(12-13-29-18)28(32)15-20-10-11-21(16-28)30(20)27(31)33-17-26-24-8-4-2-6-22(24)23-7-3-5-9-25(23)26/h2-9,12-14,20-21,26,32H,10-11,15-17H2,1H3. The van der Waals surface area contributed by atoms with E-state index in [1.807, 2.05) is 36.1 Å². The average molecular weight is 441 g/mol. The van der Waals surface area contributed by atoms with E-state index in [2.05, 4.69) is 41.4 Å². The molecule has 3 heterocycles. The van der Waals surface area contributed by atoms with Crippen LogP contribution in [0.2, 0.25) is 0 Å². The fourth-order valence-electron chi connectivity index (χ4n) is 6.26. The summed E-state index contributed by atoms with van der Waals surface area (Å²) in [5.74, 6) is 0.0560. The van der Waals surface area contributed by atoms with E-state index in [1.54, 1.807) is 6.20 Å². The van der Waals surface area contributed by atoms with Crippen LogP contribution in [0.3, 0.4) is 0 Å². The molecule has 2 aromatic carbocycles. The van der Waals surface area contributed by atoms with Gasteiger partial charge in [0.15, 0.2) is 0 Å². The van der Waals surface area contributed by atoms with Gasteiger partial charge in [0.2, 0.25) is 0 Å². The number of pyridine rings is 1. The molecule has 2 atom stereocenters. The number of aliphatic hydroxyl groups is 1. The Morgan fingerprint density at radius 2 is 1.64 bits per heavy atom. The number of piperidine rings is 1. The molecule has 3 aliphatic rings. The van der Waals surface area contributed by atoms with Crippen LogP contribution < -0.4 is 0 Å². The summed E-state index contributed by atoms with van der Waals surface area (Å²) < 4.78 is 5.95. The first-order chi connectivity index (χ1) is 16.0. The summed E-state index contributed by atoms with van der Waals surface area (Å²) in [7, 11) is 0. The molecule has 2 saturated heterocycles. The summed E-state index contributed by atoms with van der Waals surface area (Å²) in [6, 6.07) is 20.6. The molecule has 33 heavy (non-hydrogen) atoms. The summed E-state index contributed by atoms with van der Waals surface area (Å²) in [6.07, 6.45) is 4.39. The molecule has 1 amide bonds. The Morgan fingerprint density at radius 1 is 1.03 bits per heavy atom. The fraction of sp³-hybridized carbons (Fsp3) is 0.357. The maximum absolute atomic E-state index is 13.3. The molecule has 0 spiro atoms. The predicted molar refractivity (Wildman–Crippen MR) is 126 cm³/mol. The van der Waals surface area contributed by atoms with Crippen molar-refractivity contribution in [2.45, 2.75) is 56.2 Å². The largest absolute Gasteiger partial charge is 0.448 e. The van der Waals surface area contributed by atoms with Gasteiger partial charge < -0.3 is 14.7 Å². The maximum atomic E-state index is 13.3. The molecular weight excluding hydrogens is 412 g/mol. The van der Waals surface area contributed by atoms with Crippen molar-refractivity contribution in [2.24, 2.45) is 0 Å². The first kappa shape index (κ1) is 20.4. The minimum absolute atomic E-state index is 0.00197. The number of hydrogen-bond donors (Lipinski definition) is 1. The lowest BCUT2D eigenvalue weighted by Gasteiger charge is -2.43. The quantitative estimate of drug-likeness (QED) is 0.612. The summed E-state index contributed by atoms with van der Waals surface area (Å²) in [5, 5.41) is 11.5. The van der Waals surface area contributed by atoms with Crippen molar-refractivity contribution in [2.75, 3.05) is 6.61 Å². The molecule has 1 aliphatic carbocycles. The van der Waals surface area contributed by atoms with E-state index in [9.17, 15) is 9.90 Å². The van der Waals surface area contributed by atoms with Crippen LogP contribution in [-0.2, 0) is 10.3 Å². The van der Waals surface area contributed by atoms with Gasteiger partial charge in [-0.05, 0) is 59.7 Å². The van der Waals surface area contributed by atoms with E-state index in [4.69, 9.17) is 4.74 Å². The highest BCUT2D eigenvalue weighted by atomic mass is 16.6.